The zero-order chi connectivity index (χ0) is 13.3. The highest BCUT2D eigenvalue weighted by molar-refractivity contribution is 7.16. The van der Waals surface area contributed by atoms with Gasteiger partial charge in [-0.3, -0.25) is 9.59 Å². The van der Waals surface area contributed by atoms with Crippen LogP contribution in [0.3, 0.4) is 0 Å². The zero-order valence-corrected chi connectivity index (χ0v) is 10.4. The number of rotatable bonds is 3. The van der Waals surface area contributed by atoms with Crippen LogP contribution in [0.15, 0.2) is 16.9 Å². The third-order valence-corrected chi connectivity index (χ3v) is 3.34. The largest absolute Gasteiger partial charge is 0.424 e. The molecule has 1 aromatic carbocycles. The summed E-state index contributed by atoms with van der Waals surface area (Å²) < 4.78 is 5.55. The van der Waals surface area contributed by atoms with Crippen LogP contribution in [0.1, 0.15) is 18.6 Å². The second-order valence-corrected chi connectivity index (χ2v) is 4.70. The predicted octanol–water partition coefficient (Wildman–Crippen LogP) is 0.507. The van der Waals surface area contributed by atoms with E-state index in [1.54, 1.807) is 6.07 Å². The fourth-order valence-corrected chi connectivity index (χ4v) is 2.57. The number of aliphatic hydroxyl groups is 1. The van der Waals surface area contributed by atoms with Gasteiger partial charge in [-0.1, -0.05) is 17.4 Å². The van der Waals surface area contributed by atoms with E-state index in [1.165, 1.54) is 13.0 Å². The van der Waals surface area contributed by atoms with E-state index in [-0.39, 0.29) is 17.2 Å². The van der Waals surface area contributed by atoms with E-state index in [0.29, 0.717) is 15.8 Å². The molecular weight excluding hydrogens is 256 g/mol. The minimum absolute atomic E-state index is 0.0497. The van der Waals surface area contributed by atoms with Crippen LogP contribution in [0, 0.1) is 0 Å². The summed E-state index contributed by atoms with van der Waals surface area (Å²) in [6, 6.07) is 3.13. The molecule has 0 saturated heterocycles. The van der Waals surface area contributed by atoms with Gasteiger partial charge in [0.25, 0.3) is 0 Å². The highest BCUT2D eigenvalue weighted by Gasteiger charge is 2.16. The monoisotopic (exact) mass is 268 g/mol. The van der Waals surface area contributed by atoms with Crippen LogP contribution in [0.2, 0.25) is 0 Å². The van der Waals surface area contributed by atoms with Crippen LogP contribution in [-0.4, -0.2) is 22.6 Å². The van der Waals surface area contributed by atoms with Crippen LogP contribution in [-0.2, 0) is 4.79 Å². The maximum absolute atomic E-state index is 11.4. The molecule has 1 heterocycles. The quantitative estimate of drug-likeness (QED) is 0.555. The number of carbonyl (C=O) groups is 1. The zero-order valence-electron chi connectivity index (χ0n) is 9.60. The van der Waals surface area contributed by atoms with Crippen molar-refractivity contribution in [3.05, 3.63) is 27.4 Å². The van der Waals surface area contributed by atoms with Gasteiger partial charge < -0.3 is 20.6 Å². The van der Waals surface area contributed by atoms with E-state index in [1.807, 2.05) is 0 Å². The van der Waals surface area contributed by atoms with E-state index >= 15 is 0 Å². The molecule has 2 rings (SSSR count). The molecule has 0 radical (unpaired) electrons. The highest BCUT2D eigenvalue weighted by Crippen LogP contribution is 2.31. The number of nitrogens with two attached hydrogens (primary N) is 1. The topological polar surface area (TPSA) is 105 Å². The van der Waals surface area contributed by atoms with E-state index in [4.69, 9.17) is 10.5 Å². The van der Waals surface area contributed by atoms with Crippen LogP contribution < -0.4 is 15.3 Å². The van der Waals surface area contributed by atoms with Crippen LogP contribution in [0.25, 0.3) is 10.2 Å². The second-order valence-electron chi connectivity index (χ2n) is 3.72. The maximum Gasteiger partial charge on any atom is 0.308 e. The number of benzene rings is 1. The molecule has 0 aliphatic rings. The summed E-state index contributed by atoms with van der Waals surface area (Å²) in [6.45, 7) is 1.33. The van der Waals surface area contributed by atoms with Gasteiger partial charge in [0.2, 0.25) is 0 Å². The Hall–Kier alpha value is -1.70. The van der Waals surface area contributed by atoms with Crippen molar-refractivity contribution in [2.45, 2.75) is 13.0 Å². The molecule has 18 heavy (non-hydrogen) atoms. The van der Waals surface area contributed by atoms with Crippen molar-refractivity contribution in [1.29, 1.82) is 0 Å². The van der Waals surface area contributed by atoms with Gasteiger partial charge in [0, 0.05) is 19.0 Å². The number of aromatic nitrogens is 1. The lowest BCUT2D eigenvalue weighted by atomic mass is 10.1. The summed E-state index contributed by atoms with van der Waals surface area (Å²) in [6.07, 6.45) is -0.856. The molecule has 6 nitrogen and oxygen atoms in total. The number of esters is 1. The fourth-order valence-electron chi connectivity index (χ4n) is 1.66. The van der Waals surface area contributed by atoms with E-state index in [9.17, 15) is 14.7 Å². The summed E-state index contributed by atoms with van der Waals surface area (Å²) in [5.74, 6) is -0.209. The van der Waals surface area contributed by atoms with Crippen LogP contribution in [0.5, 0.6) is 5.75 Å². The summed E-state index contributed by atoms with van der Waals surface area (Å²) in [7, 11) is 0. The van der Waals surface area contributed by atoms with Gasteiger partial charge in [0.05, 0.1) is 10.8 Å². The number of thiazole rings is 1. The van der Waals surface area contributed by atoms with Crippen molar-refractivity contribution in [2.24, 2.45) is 5.73 Å². The number of aliphatic hydroxyl groups excluding tert-OH is 1. The van der Waals surface area contributed by atoms with E-state index in [0.717, 1.165) is 11.3 Å². The number of aromatic amines is 1. The lowest BCUT2D eigenvalue weighted by molar-refractivity contribution is -0.131. The Kier molecular flexibility index (Phi) is 3.46. The molecule has 0 amide bonds. The summed E-state index contributed by atoms with van der Waals surface area (Å²) in [4.78, 5) is 24.7. The molecule has 0 aliphatic heterocycles. The smallest absolute Gasteiger partial charge is 0.308 e. The first kappa shape index (κ1) is 12.7. The first-order valence-corrected chi connectivity index (χ1v) is 6.07. The molecule has 0 aliphatic carbocycles. The molecule has 0 unspecified atom stereocenters. The molecule has 0 spiro atoms. The molecule has 1 atom stereocenters. The molecule has 0 saturated carbocycles. The molecular formula is C11H12N2O4S. The summed E-state index contributed by atoms with van der Waals surface area (Å²) in [5.41, 5.74) is 6.36. The van der Waals surface area contributed by atoms with Gasteiger partial charge in [-0.05, 0) is 6.07 Å². The number of hydrogen-bond acceptors (Lipinski definition) is 6. The van der Waals surface area contributed by atoms with Crippen LogP contribution in [0.4, 0.5) is 0 Å². The van der Waals surface area contributed by atoms with Crippen molar-refractivity contribution < 1.29 is 14.6 Å². The molecule has 7 heteroatoms. The van der Waals surface area contributed by atoms with Crippen molar-refractivity contribution in [1.82, 2.24) is 4.98 Å². The average Bonchev–Trinajstić information content (AvgIpc) is 2.69. The predicted molar refractivity (Wildman–Crippen MR) is 67.8 cm³/mol. The molecule has 2 aromatic rings. The number of ether oxygens (including phenoxy) is 1. The second kappa shape index (κ2) is 4.89. The first-order valence-electron chi connectivity index (χ1n) is 5.25. The molecule has 4 N–H and O–H groups in total. The van der Waals surface area contributed by atoms with Crippen molar-refractivity contribution in [3.63, 3.8) is 0 Å². The minimum atomic E-state index is -0.856. The lowest BCUT2D eigenvalue weighted by Crippen LogP contribution is -2.11. The van der Waals surface area contributed by atoms with Gasteiger partial charge >= 0.3 is 10.8 Å². The Labute approximate surface area is 106 Å². The van der Waals surface area contributed by atoms with Crippen molar-refractivity contribution in [3.8, 4) is 5.75 Å². The summed E-state index contributed by atoms with van der Waals surface area (Å²) in [5, 5.41) is 9.77. The lowest BCUT2D eigenvalue weighted by Gasteiger charge is -2.10. The number of nitrogens with one attached hydrogen (secondary N) is 1. The minimum Gasteiger partial charge on any atom is -0.424 e. The Bertz CT molecular complexity index is 646. The first-order chi connectivity index (χ1) is 8.52. The highest BCUT2D eigenvalue weighted by atomic mass is 32.1. The SMILES string of the molecule is CC(=O)Oc1ccc([C@@H](O)CN)c2sc(=O)[nH]c12. The number of carbonyl (C=O) groups excluding carboxylic acids is 1. The van der Waals surface area contributed by atoms with Gasteiger partial charge in [0.15, 0.2) is 5.75 Å². The number of fused-ring (bicyclic) bond motifs is 1. The van der Waals surface area contributed by atoms with Crippen molar-refractivity contribution >= 4 is 27.5 Å². The van der Waals surface area contributed by atoms with Gasteiger partial charge in [-0.15, -0.1) is 0 Å². The third-order valence-electron chi connectivity index (χ3n) is 2.41. The van der Waals surface area contributed by atoms with Crippen LogP contribution >= 0.6 is 11.3 Å². The number of hydrogen-bond donors (Lipinski definition) is 3. The Morgan fingerprint density at radius 1 is 1.61 bits per heavy atom. The van der Waals surface area contributed by atoms with Gasteiger partial charge in [-0.25, -0.2) is 0 Å². The Morgan fingerprint density at radius 3 is 2.94 bits per heavy atom. The standard InChI is InChI=1S/C11H12N2O4S/c1-5(14)17-8-3-2-6(7(15)4-12)10-9(8)13-11(16)18-10/h2-3,7,15H,4,12H2,1H3,(H,13,16)/t7-/m0/s1. The van der Waals surface area contributed by atoms with E-state index < -0.39 is 12.1 Å². The Morgan fingerprint density at radius 2 is 2.33 bits per heavy atom. The maximum atomic E-state index is 11.4. The van der Waals surface area contributed by atoms with Gasteiger partial charge in [0.1, 0.15) is 5.52 Å². The molecule has 1 aromatic heterocycles. The molecule has 0 fully saturated rings. The molecule has 96 valence electrons. The Balaban J connectivity index is 2.65. The van der Waals surface area contributed by atoms with Crippen molar-refractivity contribution in [2.75, 3.05) is 6.54 Å². The number of H-pyrrole nitrogens is 1. The molecule has 0 bridgehead atoms. The van der Waals surface area contributed by atoms with Gasteiger partial charge in [-0.2, -0.15) is 0 Å². The summed E-state index contributed by atoms with van der Waals surface area (Å²) >= 11 is 0.946. The normalized spacial score (nSPS) is 12.6. The van der Waals surface area contributed by atoms with E-state index in [2.05, 4.69) is 4.98 Å². The third kappa shape index (κ3) is 2.28. The average molecular weight is 268 g/mol. The fraction of sp³-hybridized carbons (Fsp3) is 0.273.